The predicted octanol–water partition coefficient (Wildman–Crippen LogP) is 7.43. The van der Waals surface area contributed by atoms with Crippen LogP contribution in [0.25, 0.3) is 0 Å². The highest BCUT2D eigenvalue weighted by Gasteiger charge is 2.05. The smallest absolute Gasteiger partial charge is 0.338 e. The van der Waals surface area contributed by atoms with E-state index in [2.05, 4.69) is 23.8 Å². The second-order valence-electron chi connectivity index (χ2n) is 7.83. The van der Waals surface area contributed by atoms with E-state index in [1.54, 1.807) is 31.2 Å². The van der Waals surface area contributed by atoms with Gasteiger partial charge in [-0.05, 0) is 79.7 Å². The van der Waals surface area contributed by atoms with Gasteiger partial charge in [-0.3, -0.25) is 0 Å². The molecule has 0 heterocycles. The van der Waals surface area contributed by atoms with E-state index in [9.17, 15) is 9.59 Å². The summed E-state index contributed by atoms with van der Waals surface area (Å²) in [6, 6.07) is 34.0. The maximum atomic E-state index is 11.4. The molecule has 0 spiro atoms. The van der Waals surface area contributed by atoms with Crippen molar-refractivity contribution in [3.8, 4) is 11.5 Å². The van der Waals surface area contributed by atoms with Gasteiger partial charge in [-0.15, -0.1) is 0 Å². The molecule has 0 aliphatic carbocycles. The molecule has 0 bridgehead atoms. The van der Waals surface area contributed by atoms with Crippen molar-refractivity contribution in [2.24, 2.45) is 0 Å². The number of hydrogen-bond acceptors (Lipinski definition) is 6. The Kier molecular flexibility index (Phi) is 9.82. The maximum absolute atomic E-state index is 11.4. The van der Waals surface area contributed by atoms with Gasteiger partial charge in [0.15, 0.2) is 0 Å². The first kappa shape index (κ1) is 26.5. The van der Waals surface area contributed by atoms with Gasteiger partial charge in [0.05, 0.1) is 0 Å². The summed E-state index contributed by atoms with van der Waals surface area (Å²) < 4.78 is 10.1. The Morgan fingerprint density at radius 3 is 1.38 bits per heavy atom. The molecule has 4 aromatic carbocycles. The van der Waals surface area contributed by atoms with E-state index in [-0.39, 0.29) is 0 Å². The molecule has 0 aliphatic rings. The van der Waals surface area contributed by atoms with Crippen molar-refractivity contribution in [2.75, 3.05) is 10.6 Å². The molecule has 0 saturated carbocycles. The molecule has 4 rings (SSSR count). The molecule has 6 heteroatoms. The SMILES string of the molecule is C=C(C)C(=O)Oc1ccc(Nc2ccccc2)cc1.C=CC(=O)Oc1ccc(Nc2ccccc2)cc1. The van der Waals surface area contributed by atoms with E-state index in [1.165, 1.54) is 0 Å². The zero-order valence-electron chi connectivity index (χ0n) is 20.5. The summed E-state index contributed by atoms with van der Waals surface area (Å²) in [5.74, 6) is 0.132. The van der Waals surface area contributed by atoms with Crippen LogP contribution < -0.4 is 20.1 Å². The number of hydrogen-bond donors (Lipinski definition) is 2. The largest absolute Gasteiger partial charge is 0.423 e. The van der Waals surface area contributed by atoms with Crippen LogP contribution in [-0.2, 0) is 9.59 Å². The summed E-state index contributed by atoms with van der Waals surface area (Å²) in [5.41, 5.74) is 4.26. The average molecular weight is 493 g/mol. The van der Waals surface area contributed by atoms with Crippen LogP contribution in [-0.4, -0.2) is 11.9 Å². The molecule has 0 aromatic heterocycles. The van der Waals surface area contributed by atoms with E-state index in [4.69, 9.17) is 9.47 Å². The molecule has 0 radical (unpaired) electrons. The Bertz CT molecular complexity index is 1320. The first-order chi connectivity index (χ1) is 17.9. The molecular formula is C31H28N2O4. The zero-order chi connectivity index (χ0) is 26.5. The quantitative estimate of drug-likeness (QED) is 0.151. The zero-order valence-corrected chi connectivity index (χ0v) is 20.5. The van der Waals surface area contributed by atoms with Gasteiger partial charge < -0.3 is 20.1 Å². The highest BCUT2D eigenvalue weighted by atomic mass is 16.5. The van der Waals surface area contributed by atoms with Crippen LogP contribution in [0.5, 0.6) is 11.5 Å². The third kappa shape index (κ3) is 9.22. The summed E-state index contributed by atoms with van der Waals surface area (Å²) >= 11 is 0. The van der Waals surface area contributed by atoms with Gasteiger partial charge in [0.2, 0.25) is 0 Å². The number of nitrogens with one attached hydrogen (secondary N) is 2. The van der Waals surface area contributed by atoms with Crippen LogP contribution in [0, 0.1) is 0 Å². The maximum Gasteiger partial charge on any atom is 0.338 e. The number of carbonyl (C=O) groups is 2. The van der Waals surface area contributed by atoms with Gasteiger partial charge in [-0.1, -0.05) is 49.6 Å². The Labute approximate surface area is 216 Å². The fourth-order valence-corrected chi connectivity index (χ4v) is 2.94. The number of carbonyl (C=O) groups excluding carboxylic acids is 2. The number of rotatable bonds is 8. The number of para-hydroxylation sites is 2. The lowest BCUT2D eigenvalue weighted by molar-refractivity contribution is -0.130. The summed E-state index contributed by atoms with van der Waals surface area (Å²) in [6.45, 7) is 8.50. The van der Waals surface area contributed by atoms with E-state index >= 15 is 0 Å². The molecule has 0 unspecified atom stereocenters. The Morgan fingerprint density at radius 1 is 0.622 bits per heavy atom. The van der Waals surface area contributed by atoms with Crippen LogP contribution in [0.1, 0.15) is 6.92 Å². The molecule has 0 amide bonds. The van der Waals surface area contributed by atoms with Gasteiger partial charge >= 0.3 is 11.9 Å². The van der Waals surface area contributed by atoms with Crippen molar-refractivity contribution in [3.63, 3.8) is 0 Å². The monoisotopic (exact) mass is 492 g/mol. The molecule has 37 heavy (non-hydrogen) atoms. The number of anilines is 4. The number of ether oxygens (including phenoxy) is 2. The summed E-state index contributed by atoms with van der Waals surface area (Å²) in [7, 11) is 0. The van der Waals surface area contributed by atoms with Gasteiger partial charge in [0.1, 0.15) is 11.5 Å². The molecule has 0 saturated heterocycles. The minimum absolute atomic E-state index is 0.381. The molecule has 6 nitrogen and oxygen atoms in total. The van der Waals surface area contributed by atoms with Gasteiger partial charge in [0.25, 0.3) is 0 Å². The lowest BCUT2D eigenvalue weighted by Gasteiger charge is -2.07. The van der Waals surface area contributed by atoms with Gasteiger partial charge in [-0.25, -0.2) is 9.59 Å². The third-order valence-electron chi connectivity index (χ3n) is 4.78. The standard InChI is InChI=1S/C16H15NO2.C15H13NO2/c1-12(2)16(18)19-15-10-8-14(9-11-15)17-13-6-4-3-5-7-13;1-2-15(17)18-14-10-8-13(9-11-14)16-12-6-4-3-5-7-12/h3-11,17H,1H2,2H3;2-11,16H,1H2. The van der Waals surface area contributed by atoms with Crippen LogP contribution in [0.4, 0.5) is 22.7 Å². The fourth-order valence-electron chi connectivity index (χ4n) is 2.94. The minimum Gasteiger partial charge on any atom is -0.423 e. The second-order valence-corrected chi connectivity index (χ2v) is 7.83. The van der Waals surface area contributed by atoms with Crippen molar-refractivity contribution in [1.82, 2.24) is 0 Å². The molecule has 0 aliphatic heterocycles. The number of esters is 2. The van der Waals surface area contributed by atoms with Crippen LogP contribution in [0.3, 0.4) is 0 Å². The van der Waals surface area contributed by atoms with Crippen molar-refractivity contribution >= 4 is 34.7 Å². The van der Waals surface area contributed by atoms with Crippen molar-refractivity contribution in [1.29, 1.82) is 0 Å². The summed E-state index contributed by atoms with van der Waals surface area (Å²) in [4.78, 5) is 22.4. The molecule has 0 atom stereocenters. The summed E-state index contributed by atoms with van der Waals surface area (Å²) in [5, 5.41) is 6.49. The van der Waals surface area contributed by atoms with Crippen molar-refractivity contribution in [2.45, 2.75) is 6.92 Å². The topological polar surface area (TPSA) is 76.7 Å². The normalized spacial score (nSPS) is 9.65. The van der Waals surface area contributed by atoms with E-state index in [1.807, 2.05) is 84.9 Å². The van der Waals surface area contributed by atoms with Gasteiger partial charge in [0, 0.05) is 34.4 Å². The summed E-state index contributed by atoms with van der Waals surface area (Å²) in [6.07, 6.45) is 1.14. The van der Waals surface area contributed by atoms with Crippen LogP contribution in [0.2, 0.25) is 0 Å². The predicted molar refractivity (Wildman–Crippen MR) is 149 cm³/mol. The lowest BCUT2D eigenvalue weighted by Crippen LogP contribution is -2.07. The van der Waals surface area contributed by atoms with E-state index < -0.39 is 11.9 Å². The molecule has 0 fully saturated rings. The molecule has 2 N–H and O–H groups in total. The highest BCUT2D eigenvalue weighted by Crippen LogP contribution is 2.21. The Hall–Kier alpha value is -5.10. The molecular weight excluding hydrogens is 464 g/mol. The van der Waals surface area contributed by atoms with Crippen molar-refractivity contribution in [3.05, 3.63) is 134 Å². The fraction of sp³-hybridized carbons (Fsp3) is 0.0323. The second kappa shape index (κ2) is 13.7. The van der Waals surface area contributed by atoms with Crippen molar-refractivity contribution < 1.29 is 19.1 Å². The minimum atomic E-state index is -0.459. The van der Waals surface area contributed by atoms with Crippen LogP contribution in [0.15, 0.2) is 134 Å². The average Bonchev–Trinajstić information content (AvgIpc) is 2.92. The van der Waals surface area contributed by atoms with Gasteiger partial charge in [-0.2, -0.15) is 0 Å². The van der Waals surface area contributed by atoms with E-state index in [0.717, 1.165) is 28.8 Å². The van der Waals surface area contributed by atoms with E-state index in [0.29, 0.717) is 17.1 Å². The third-order valence-corrected chi connectivity index (χ3v) is 4.78. The lowest BCUT2D eigenvalue weighted by atomic mass is 10.2. The number of benzene rings is 4. The Morgan fingerprint density at radius 2 is 1.00 bits per heavy atom. The first-order valence-corrected chi connectivity index (χ1v) is 11.5. The Balaban J connectivity index is 0.000000206. The van der Waals surface area contributed by atoms with Crippen LogP contribution >= 0.6 is 0 Å². The highest BCUT2D eigenvalue weighted by molar-refractivity contribution is 5.88. The molecule has 4 aromatic rings. The first-order valence-electron chi connectivity index (χ1n) is 11.5. The molecule has 186 valence electrons.